The largest absolute Gasteiger partial charge is 0.435 e. The lowest BCUT2D eigenvalue weighted by atomic mass is 10.2. The number of aromatic amines is 1. The molecule has 130 valence electrons. The third-order valence-corrected chi connectivity index (χ3v) is 3.68. The first kappa shape index (κ1) is 17.0. The summed E-state index contributed by atoms with van der Waals surface area (Å²) in [5.41, 5.74) is 1.91. The van der Waals surface area contributed by atoms with E-state index in [0.717, 1.165) is 17.1 Å². The fourth-order valence-corrected chi connectivity index (χ4v) is 2.36. The highest BCUT2D eigenvalue weighted by molar-refractivity contribution is 5.35. The Bertz CT molecular complexity index is 879. The zero-order valence-corrected chi connectivity index (χ0v) is 13.9. The highest BCUT2D eigenvalue weighted by Crippen LogP contribution is 2.28. The zero-order valence-electron chi connectivity index (χ0n) is 13.9. The maximum absolute atomic E-state index is 14.0. The van der Waals surface area contributed by atoms with E-state index in [-0.39, 0.29) is 17.2 Å². The van der Waals surface area contributed by atoms with Gasteiger partial charge in [0, 0.05) is 36.7 Å². The van der Waals surface area contributed by atoms with E-state index in [1.54, 1.807) is 18.5 Å². The third kappa shape index (κ3) is 4.00. The Balaban J connectivity index is 1.71. The second-order valence-corrected chi connectivity index (χ2v) is 5.68. The van der Waals surface area contributed by atoms with Gasteiger partial charge in [-0.25, -0.2) is 14.4 Å². The number of nitrogens with zero attached hydrogens (tertiary/aromatic N) is 2. The standard InChI is InChI=1S/C18H18F2N4O/c1-11-5-6-15(17(20)16(11)19)25-18-13(4-3-7-22-18)8-21-9-14-10-23-12(2)24-14/h3-7,10,21H,8-9H2,1-2H3,(H,23,24). The number of benzene rings is 1. The number of H-pyrrole nitrogens is 1. The average Bonchev–Trinajstić information content (AvgIpc) is 3.02. The zero-order chi connectivity index (χ0) is 17.8. The predicted molar refractivity (Wildman–Crippen MR) is 89.3 cm³/mol. The fourth-order valence-electron chi connectivity index (χ4n) is 2.36. The van der Waals surface area contributed by atoms with Crippen LogP contribution in [0.15, 0.2) is 36.7 Å². The summed E-state index contributed by atoms with van der Waals surface area (Å²) in [7, 11) is 0. The van der Waals surface area contributed by atoms with Gasteiger partial charge in [-0.15, -0.1) is 0 Å². The molecule has 25 heavy (non-hydrogen) atoms. The molecule has 0 unspecified atom stereocenters. The molecule has 0 amide bonds. The van der Waals surface area contributed by atoms with Crippen molar-refractivity contribution in [1.29, 1.82) is 0 Å². The van der Waals surface area contributed by atoms with Crippen LogP contribution < -0.4 is 10.1 Å². The molecule has 0 spiro atoms. The van der Waals surface area contributed by atoms with Crippen molar-refractivity contribution in [2.24, 2.45) is 0 Å². The minimum atomic E-state index is -1.02. The number of imidazole rings is 1. The number of aryl methyl sites for hydroxylation is 2. The Morgan fingerprint density at radius 1 is 1.08 bits per heavy atom. The number of halogens is 2. The lowest BCUT2D eigenvalue weighted by Crippen LogP contribution is -2.14. The van der Waals surface area contributed by atoms with Crippen LogP contribution in [0.1, 0.15) is 22.6 Å². The molecule has 0 fully saturated rings. The van der Waals surface area contributed by atoms with Crippen LogP contribution in [0.4, 0.5) is 8.78 Å². The molecule has 0 saturated heterocycles. The van der Waals surface area contributed by atoms with E-state index in [2.05, 4.69) is 20.3 Å². The van der Waals surface area contributed by atoms with Crippen LogP contribution in [0.25, 0.3) is 0 Å². The Labute approximate surface area is 144 Å². The molecular weight excluding hydrogens is 326 g/mol. The second-order valence-electron chi connectivity index (χ2n) is 5.68. The number of hydrogen-bond acceptors (Lipinski definition) is 4. The topological polar surface area (TPSA) is 62.8 Å². The molecule has 0 aliphatic rings. The summed E-state index contributed by atoms with van der Waals surface area (Å²) < 4.78 is 33.2. The number of hydrogen-bond donors (Lipinski definition) is 2. The van der Waals surface area contributed by atoms with Crippen LogP contribution in [0.2, 0.25) is 0 Å². The van der Waals surface area contributed by atoms with Crippen LogP contribution in [-0.2, 0) is 13.1 Å². The minimum absolute atomic E-state index is 0.188. The molecule has 1 aromatic carbocycles. The van der Waals surface area contributed by atoms with E-state index in [4.69, 9.17) is 4.74 Å². The lowest BCUT2D eigenvalue weighted by Gasteiger charge is -2.12. The molecule has 5 nitrogen and oxygen atoms in total. The van der Waals surface area contributed by atoms with E-state index in [9.17, 15) is 8.78 Å². The molecule has 0 aliphatic heterocycles. The molecule has 3 aromatic rings. The van der Waals surface area contributed by atoms with Crippen molar-refractivity contribution in [2.75, 3.05) is 0 Å². The summed E-state index contributed by atoms with van der Waals surface area (Å²) in [5.74, 6) is -1.04. The van der Waals surface area contributed by atoms with E-state index < -0.39 is 11.6 Å². The molecule has 3 rings (SSSR count). The van der Waals surface area contributed by atoms with E-state index in [1.165, 1.54) is 19.1 Å². The van der Waals surface area contributed by atoms with Crippen molar-refractivity contribution in [3.8, 4) is 11.6 Å². The fraction of sp³-hybridized carbons (Fsp3) is 0.222. The normalized spacial score (nSPS) is 10.9. The van der Waals surface area contributed by atoms with Gasteiger partial charge in [0.2, 0.25) is 11.7 Å². The Morgan fingerprint density at radius 3 is 2.68 bits per heavy atom. The van der Waals surface area contributed by atoms with Gasteiger partial charge < -0.3 is 15.0 Å². The molecule has 0 saturated carbocycles. The quantitative estimate of drug-likeness (QED) is 0.714. The van der Waals surface area contributed by atoms with Gasteiger partial charge in [-0.2, -0.15) is 4.39 Å². The van der Waals surface area contributed by atoms with Crippen molar-refractivity contribution in [2.45, 2.75) is 26.9 Å². The summed E-state index contributed by atoms with van der Waals surface area (Å²) >= 11 is 0. The molecule has 7 heteroatoms. The first-order valence-corrected chi connectivity index (χ1v) is 7.82. The number of pyridine rings is 1. The molecule has 0 radical (unpaired) electrons. The molecular formula is C18H18F2N4O. The lowest BCUT2D eigenvalue weighted by molar-refractivity contribution is 0.399. The molecule has 2 N–H and O–H groups in total. The van der Waals surface area contributed by atoms with E-state index in [0.29, 0.717) is 13.1 Å². The van der Waals surface area contributed by atoms with Crippen molar-refractivity contribution in [1.82, 2.24) is 20.3 Å². The van der Waals surface area contributed by atoms with Crippen LogP contribution >= 0.6 is 0 Å². The third-order valence-electron chi connectivity index (χ3n) is 3.68. The van der Waals surface area contributed by atoms with Crippen LogP contribution in [-0.4, -0.2) is 15.0 Å². The minimum Gasteiger partial charge on any atom is -0.435 e. The first-order chi connectivity index (χ1) is 12.0. The maximum Gasteiger partial charge on any atom is 0.223 e. The van der Waals surface area contributed by atoms with Gasteiger partial charge in [0.05, 0.1) is 0 Å². The monoisotopic (exact) mass is 344 g/mol. The average molecular weight is 344 g/mol. The molecule has 0 bridgehead atoms. The maximum atomic E-state index is 14.0. The summed E-state index contributed by atoms with van der Waals surface area (Å²) in [6.45, 7) is 4.42. The Morgan fingerprint density at radius 2 is 1.92 bits per heavy atom. The molecule has 2 heterocycles. The van der Waals surface area contributed by atoms with Crippen molar-refractivity contribution in [3.63, 3.8) is 0 Å². The summed E-state index contributed by atoms with van der Waals surface area (Å²) in [6, 6.07) is 6.44. The van der Waals surface area contributed by atoms with Crippen molar-refractivity contribution < 1.29 is 13.5 Å². The van der Waals surface area contributed by atoms with Gasteiger partial charge in [0.15, 0.2) is 11.6 Å². The number of aromatic nitrogens is 3. The number of nitrogens with one attached hydrogen (secondary N) is 2. The first-order valence-electron chi connectivity index (χ1n) is 7.82. The van der Waals surface area contributed by atoms with Crippen molar-refractivity contribution in [3.05, 3.63) is 70.9 Å². The van der Waals surface area contributed by atoms with Gasteiger partial charge in [-0.05, 0) is 31.5 Å². The van der Waals surface area contributed by atoms with Crippen LogP contribution in [0.5, 0.6) is 11.6 Å². The van der Waals surface area contributed by atoms with Gasteiger partial charge in [0.25, 0.3) is 0 Å². The van der Waals surface area contributed by atoms with Crippen LogP contribution in [0, 0.1) is 25.5 Å². The smallest absolute Gasteiger partial charge is 0.223 e. The summed E-state index contributed by atoms with van der Waals surface area (Å²) in [4.78, 5) is 11.4. The second kappa shape index (κ2) is 7.40. The van der Waals surface area contributed by atoms with Gasteiger partial charge >= 0.3 is 0 Å². The van der Waals surface area contributed by atoms with E-state index >= 15 is 0 Å². The van der Waals surface area contributed by atoms with Gasteiger partial charge in [0.1, 0.15) is 5.82 Å². The Hall–Kier alpha value is -2.80. The highest BCUT2D eigenvalue weighted by Gasteiger charge is 2.15. The van der Waals surface area contributed by atoms with Gasteiger partial charge in [-0.1, -0.05) is 12.1 Å². The molecule has 0 aliphatic carbocycles. The Kier molecular flexibility index (Phi) is 5.04. The summed E-state index contributed by atoms with van der Waals surface area (Å²) in [5, 5.41) is 3.23. The molecule has 0 atom stereocenters. The van der Waals surface area contributed by atoms with Crippen molar-refractivity contribution >= 4 is 0 Å². The molecule has 2 aromatic heterocycles. The number of rotatable bonds is 6. The van der Waals surface area contributed by atoms with Crippen LogP contribution in [0.3, 0.4) is 0 Å². The van der Waals surface area contributed by atoms with Gasteiger partial charge in [-0.3, -0.25) is 0 Å². The number of ether oxygens (including phenoxy) is 1. The predicted octanol–water partition coefficient (Wildman–Crippen LogP) is 3.78. The highest BCUT2D eigenvalue weighted by atomic mass is 19.2. The SMILES string of the molecule is Cc1ncc(CNCc2cccnc2Oc2ccc(C)c(F)c2F)[nH]1. The van der Waals surface area contributed by atoms with E-state index in [1.807, 2.05) is 13.0 Å². The summed E-state index contributed by atoms with van der Waals surface area (Å²) in [6.07, 6.45) is 3.30.